The van der Waals surface area contributed by atoms with E-state index in [4.69, 9.17) is 22.1 Å². The van der Waals surface area contributed by atoms with Crippen LogP contribution in [0.25, 0.3) is 0 Å². The molecule has 18 heavy (non-hydrogen) atoms. The highest BCUT2D eigenvalue weighted by Crippen LogP contribution is 2.13. The second kappa shape index (κ2) is 6.17. The summed E-state index contributed by atoms with van der Waals surface area (Å²) in [5.41, 5.74) is 5.55. The molecule has 7 heteroatoms. The van der Waals surface area contributed by atoms with Crippen molar-refractivity contribution in [1.82, 2.24) is 14.9 Å². The minimum Gasteiger partial charge on any atom is -0.379 e. The van der Waals surface area contributed by atoms with E-state index in [1.807, 2.05) is 0 Å². The number of nitrogens with zero attached hydrogens (tertiary/aromatic N) is 3. The molecule has 0 bridgehead atoms. The van der Waals surface area contributed by atoms with Gasteiger partial charge in [-0.1, -0.05) is 11.6 Å². The quantitative estimate of drug-likeness (QED) is 0.791. The molecule has 0 saturated carbocycles. The number of rotatable bonds is 4. The molecule has 2 heterocycles. The number of nitrogen functional groups attached to an aromatic ring is 1. The first-order valence-corrected chi connectivity index (χ1v) is 6.38. The molecule has 1 aromatic rings. The van der Waals surface area contributed by atoms with Crippen LogP contribution < -0.4 is 11.1 Å². The Balaban J connectivity index is 1.87. The summed E-state index contributed by atoms with van der Waals surface area (Å²) in [4.78, 5) is 10.3. The lowest BCUT2D eigenvalue weighted by Gasteiger charge is -2.29. The highest BCUT2D eigenvalue weighted by molar-refractivity contribution is 6.29. The Bertz CT molecular complexity index is 377. The van der Waals surface area contributed by atoms with Crippen LogP contribution in [-0.2, 0) is 4.74 Å². The van der Waals surface area contributed by atoms with Crippen LogP contribution in [0.15, 0.2) is 6.07 Å². The smallest absolute Gasteiger partial charge is 0.223 e. The molecular formula is C11H18ClN5O. The summed E-state index contributed by atoms with van der Waals surface area (Å²) in [7, 11) is 0. The van der Waals surface area contributed by atoms with E-state index in [2.05, 4.69) is 27.1 Å². The largest absolute Gasteiger partial charge is 0.379 e. The number of nitrogens with one attached hydrogen (secondary N) is 1. The fourth-order valence-electron chi connectivity index (χ4n) is 1.98. The van der Waals surface area contributed by atoms with Gasteiger partial charge < -0.3 is 15.8 Å². The van der Waals surface area contributed by atoms with Gasteiger partial charge in [-0.05, 0) is 6.92 Å². The van der Waals surface area contributed by atoms with Gasteiger partial charge in [0, 0.05) is 31.7 Å². The van der Waals surface area contributed by atoms with E-state index in [-0.39, 0.29) is 12.0 Å². The molecule has 100 valence electrons. The maximum absolute atomic E-state index is 5.83. The normalized spacial score (nSPS) is 18.6. The number of nitrogens with two attached hydrogens (primary N) is 1. The van der Waals surface area contributed by atoms with Crippen LogP contribution in [0.5, 0.6) is 0 Å². The van der Waals surface area contributed by atoms with Crippen LogP contribution in [0.1, 0.15) is 6.92 Å². The number of hydrogen-bond donors (Lipinski definition) is 2. The van der Waals surface area contributed by atoms with Crippen LogP contribution in [-0.4, -0.2) is 53.8 Å². The van der Waals surface area contributed by atoms with E-state index in [9.17, 15) is 0 Å². The van der Waals surface area contributed by atoms with Crippen molar-refractivity contribution in [1.29, 1.82) is 0 Å². The summed E-state index contributed by atoms with van der Waals surface area (Å²) in [6, 6.07) is 1.93. The topological polar surface area (TPSA) is 76.3 Å². The van der Waals surface area contributed by atoms with Crippen molar-refractivity contribution in [3.05, 3.63) is 11.2 Å². The maximum Gasteiger partial charge on any atom is 0.223 e. The molecular weight excluding hydrogens is 254 g/mol. The van der Waals surface area contributed by atoms with E-state index in [1.165, 1.54) is 0 Å². The van der Waals surface area contributed by atoms with Gasteiger partial charge in [0.1, 0.15) is 11.0 Å². The lowest BCUT2D eigenvalue weighted by molar-refractivity contribution is 0.0368. The van der Waals surface area contributed by atoms with E-state index in [1.54, 1.807) is 6.07 Å². The molecule has 1 saturated heterocycles. The van der Waals surface area contributed by atoms with Crippen LogP contribution in [0, 0.1) is 0 Å². The summed E-state index contributed by atoms with van der Waals surface area (Å²) in [5.74, 6) is 0.844. The zero-order valence-corrected chi connectivity index (χ0v) is 11.2. The van der Waals surface area contributed by atoms with Gasteiger partial charge in [0.2, 0.25) is 5.95 Å². The summed E-state index contributed by atoms with van der Waals surface area (Å²) in [5, 5.41) is 3.62. The fraction of sp³-hybridized carbons (Fsp3) is 0.636. The van der Waals surface area contributed by atoms with Crippen LogP contribution in [0.4, 0.5) is 11.8 Å². The number of ether oxygens (including phenoxy) is 1. The number of anilines is 2. The van der Waals surface area contributed by atoms with E-state index in [0.29, 0.717) is 11.0 Å². The average molecular weight is 272 g/mol. The van der Waals surface area contributed by atoms with Gasteiger partial charge in [-0.3, -0.25) is 4.90 Å². The first-order valence-electron chi connectivity index (χ1n) is 6.00. The summed E-state index contributed by atoms with van der Waals surface area (Å²) < 4.78 is 5.31. The molecule has 1 aliphatic rings. The van der Waals surface area contributed by atoms with Gasteiger partial charge in [0.15, 0.2) is 0 Å². The average Bonchev–Trinajstić information content (AvgIpc) is 2.28. The van der Waals surface area contributed by atoms with Crippen LogP contribution in [0.3, 0.4) is 0 Å². The highest BCUT2D eigenvalue weighted by Gasteiger charge is 2.14. The van der Waals surface area contributed by atoms with Crippen molar-refractivity contribution in [2.24, 2.45) is 0 Å². The maximum atomic E-state index is 5.83. The summed E-state index contributed by atoms with van der Waals surface area (Å²) >= 11 is 5.83. The Morgan fingerprint density at radius 3 is 2.89 bits per heavy atom. The highest BCUT2D eigenvalue weighted by atomic mass is 35.5. The Labute approximate surface area is 111 Å². The third kappa shape index (κ3) is 3.97. The molecule has 1 aromatic heterocycles. The lowest BCUT2D eigenvalue weighted by Crippen LogP contribution is -2.42. The van der Waals surface area contributed by atoms with Crippen molar-refractivity contribution >= 4 is 23.4 Å². The molecule has 1 fully saturated rings. The van der Waals surface area contributed by atoms with Crippen LogP contribution in [0.2, 0.25) is 5.15 Å². The van der Waals surface area contributed by atoms with E-state index in [0.717, 1.165) is 32.8 Å². The standard InChI is InChI=1S/C11H18ClN5O/c1-8(7-17-2-4-18-5-3-17)14-10-6-9(12)15-11(13)16-10/h6,8H,2-5,7H2,1H3,(H3,13,14,15,16). The first kappa shape index (κ1) is 13.3. The molecule has 0 aromatic carbocycles. The molecule has 6 nitrogen and oxygen atoms in total. The Morgan fingerprint density at radius 2 is 2.22 bits per heavy atom. The van der Waals surface area contributed by atoms with Crippen molar-refractivity contribution in [3.63, 3.8) is 0 Å². The van der Waals surface area contributed by atoms with Crippen LogP contribution >= 0.6 is 11.6 Å². The lowest BCUT2D eigenvalue weighted by atomic mass is 10.3. The molecule has 0 radical (unpaired) electrons. The number of halogens is 1. The third-order valence-electron chi connectivity index (χ3n) is 2.74. The minimum absolute atomic E-state index is 0.184. The predicted molar refractivity (Wildman–Crippen MR) is 71.8 cm³/mol. The van der Waals surface area contributed by atoms with Crippen molar-refractivity contribution in [2.75, 3.05) is 43.9 Å². The van der Waals surface area contributed by atoms with Gasteiger partial charge in [0.25, 0.3) is 0 Å². The zero-order valence-electron chi connectivity index (χ0n) is 10.4. The minimum atomic E-state index is 0.184. The number of morpholine rings is 1. The molecule has 0 amide bonds. The molecule has 3 N–H and O–H groups in total. The SMILES string of the molecule is CC(CN1CCOCC1)Nc1cc(Cl)nc(N)n1. The van der Waals surface area contributed by atoms with Crippen molar-refractivity contribution < 1.29 is 4.74 Å². The van der Waals surface area contributed by atoms with Gasteiger partial charge in [-0.15, -0.1) is 0 Å². The summed E-state index contributed by atoms with van der Waals surface area (Å²) in [6.07, 6.45) is 0. The van der Waals surface area contributed by atoms with E-state index < -0.39 is 0 Å². The third-order valence-corrected chi connectivity index (χ3v) is 2.94. The molecule has 1 aliphatic heterocycles. The molecule has 0 aliphatic carbocycles. The predicted octanol–water partition coefficient (Wildman–Crippen LogP) is 0.845. The Hall–Kier alpha value is -1.11. The van der Waals surface area contributed by atoms with Gasteiger partial charge >= 0.3 is 0 Å². The summed E-state index contributed by atoms with van der Waals surface area (Å²) in [6.45, 7) is 6.59. The first-order chi connectivity index (χ1) is 8.63. The van der Waals surface area contributed by atoms with Crippen molar-refractivity contribution in [3.8, 4) is 0 Å². The monoisotopic (exact) mass is 271 g/mol. The van der Waals surface area contributed by atoms with Gasteiger partial charge in [-0.25, -0.2) is 4.98 Å². The van der Waals surface area contributed by atoms with Crippen molar-refractivity contribution in [2.45, 2.75) is 13.0 Å². The fourth-order valence-corrected chi connectivity index (χ4v) is 2.17. The molecule has 0 spiro atoms. The van der Waals surface area contributed by atoms with E-state index >= 15 is 0 Å². The molecule has 1 unspecified atom stereocenters. The van der Waals surface area contributed by atoms with Gasteiger partial charge in [0.05, 0.1) is 13.2 Å². The van der Waals surface area contributed by atoms with Gasteiger partial charge in [-0.2, -0.15) is 4.98 Å². The second-order valence-electron chi connectivity index (χ2n) is 4.39. The Kier molecular flexibility index (Phi) is 4.57. The number of hydrogen-bond acceptors (Lipinski definition) is 6. The molecule has 2 rings (SSSR count). The number of aromatic nitrogens is 2. The second-order valence-corrected chi connectivity index (χ2v) is 4.78. The Morgan fingerprint density at radius 1 is 1.50 bits per heavy atom. The zero-order chi connectivity index (χ0) is 13.0. The molecule has 1 atom stereocenters.